The van der Waals surface area contributed by atoms with E-state index < -0.39 is 0 Å². The Hall–Kier alpha value is -2.99. The largest absolute Gasteiger partial charge is 0.334 e. The topological polar surface area (TPSA) is 71.3 Å². The minimum Gasteiger partial charge on any atom is -0.334 e. The zero-order valence-corrected chi connectivity index (χ0v) is 16.9. The third-order valence-electron chi connectivity index (χ3n) is 5.46. The lowest BCUT2D eigenvalue weighted by molar-refractivity contribution is 0.102. The van der Waals surface area contributed by atoms with Crippen molar-refractivity contribution in [2.24, 2.45) is 0 Å². The molecule has 1 atom stereocenters. The maximum Gasteiger partial charge on any atom is 0.257 e. The third kappa shape index (κ3) is 4.71. The summed E-state index contributed by atoms with van der Waals surface area (Å²) >= 11 is 0. The summed E-state index contributed by atoms with van der Waals surface area (Å²) in [4.78, 5) is 19.3. The summed E-state index contributed by atoms with van der Waals surface area (Å²) in [5.74, 6) is 0.892. The van der Waals surface area contributed by atoms with Crippen LogP contribution in [-0.2, 0) is 6.54 Å². The molecule has 1 aliphatic rings. The van der Waals surface area contributed by atoms with Crippen LogP contribution in [0.15, 0.2) is 53.1 Å². The van der Waals surface area contributed by atoms with Gasteiger partial charge in [-0.05, 0) is 75.2 Å². The van der Waals surface area contributed by atoms with E-state index in [2.05, 4.69) is 39.4 Å². The number of anilines is 1. The van der Waals surface area contributed by atoms with Gasteiger partial charge >= 0.3 is 0 Å². The second-order valence-electron chi connectivity index (χ2n) is 7.69. The van der Waals surface area contributed by atoms with Gasteiger partial charge < -0.3 is 9.84 Å². The first-order chi connectivity index (χ1) is 14.1. The van der Waals surface area contributed by atoms with Crippen molar-refractivity contribution >= 4 is 11.6 Å². The van der Waals surface area contributed by atoms with Crippen molar-refractivity contribution in [3.63, 3.8) is 0 Å². The molecule has 2 aromatic carbocycles. The standard InChI is InChI=1S/C23H26N4O2/c1-16-5-3-4-14-27(16)15-18-6-12-21(13-7-18)25-22(28)19-8-10-20(11-9-19)23-24-17(2)26-29-23/h6-13,16H,3-5,14-15H2,1-2H3,(H,25,28). The highest BCUT2D eigenvalue weighted by molar-refractivity contribution is 6.04. The number of piperidine rings is 1. The monoisotopic (exact) mass is 390 g/mol. The van der Waals surface area contributed by atoms with Crippen molar-refractivity contribution in [2.75, 3.05) is 11.9 Å². The molecule has 0 saturated carbocycles. The summed E-state index contributed by atoms with van der Waals surface area (Å²) in [6, 6.07) is 15.9. The number of hydrogen-bond donors (Lipinski definition) is 1. The Morgan fingerprint density at radius 1 is 1.14 bits per heavy atom. The minimum absolute atomic E-state index is 0.143. The van der Waals surface area contributed by atoms with Crippen molar-refractivity contribution in [3.05, 3.63) is 65.5 Å². The first kappa shape index (κ1) is 19.3. The fourth-order valence-electron chi connectivity index (χ4n) is 3.70. The van der Waals surface area contributed by atoms with Crippen molar-refractivity contribution < 1.29 is 9.32 Å². The molecule has 1 aliphatic heterocycles. The van der Waals surface area contributed by atoms with Gasteiger partial charge in [0.1, 0.15) is 0 Å². The van der Waals surface area contributed by atoms with Crippen LogP contribution in [-0.4, -0.2) is 33.5 Å². The van der Waals surface area contributed by atoms with Crippen LogP contribution in [0.1, 0.15) is 47.9 Å². The fraction of sp³-hybridized carbons (Fsp3) is 0.348. The van der Waals surface area contributed by atoms with E-state index in [9.17, 15) is 4.79 Å². The van der Waals surface area contributed by atoms with E-state index >= 15 is 0 Å². The smallest absolute Gasteiger partial charge is 0.257 e. The zero-order chi connectivity index (χ0) is 20.2. The van der Waals surface area contributed by atoms with Gasteiger partial charge in [-0.2, -0.15) is 4.98 Å². The second kappa shape index (κ2) is 8.57. The van der Waals surface area contributed by atoms with Gasteiger partial charge in [0.2, 0.25) is 0 Å². The molecule has 2 heterocycles. The summed E-state index contributed by atoms with van der Waals surface area (Å²) in [5, 5.41) is 6.74. The number of amides is 1. The molecule has 0 bridgehead atoms. The summed E-state index contributed by atoms with van der Waals surface area (Å²) < 4.78 is 5.15. The Morgan fingerprint density at radius 3 is 2.55 bits per heavy atom. The molecule has 29 heavy (non-hydrogen) atoms. The average Bonchev–Trinajstić information content (AvgIpc) is 3.17. The summed E-state index contributed by atoms with van der Waals surface area (Å²) in [6.07, 6.45) is 3.89. The minimum atomic E-state index is -0.143. The Kier molecular flexibility index (Phi) is 5.71. The summed E-state index contributed by atoms with van der Waals surface area (Å²) in [6.45, 7) is 6.21. The van der Waals surface area contributed by atoms with Gasteiger partial charge in [0.05, 0.1) is 0 Å². The molecule has 0 spiro atoms. The molecular formula is C23H26N4O2. The average molecular weight is 390 g/mol. The number of benzene rings is 2. The first-order valence-corrected chi connectivity index (χ1v) is 10.1. The Balaban J connectivity index is 1.36. The summed E-state index contributed by atoms with van der Waals surface area (Å²) in [5.41, 5.74) is 3.44. The van der Waals surface area contributed by atoms with Gasteiger partial charge in [0, 0.05) is 29.4 Å². The van der Waals surface area contributed by atoms with Gasteiger partial charge in [-0.15, -0.1) is 0 Å². The molecule has 1 amide bonds. The van der Waals surface area contributed by atoms with Gasteiger partial charge in [-0.25, -0.2) is 0 Å². The second-order valence-corrected chi connectivity index (χ2v) is 7.69. The molecule has 1 unspecified atom stereocenters. The number of nitrogens with one attached hydrogen (secondary N) is 1. The van der Waals surface area contributed by atoms with E-state index in [0.717, 1.165) is 17.8 Å². The van der Waals surface area contributed by atoms with Gasteiger partial charge in [-0.3, -0.25) is 9.69 Å². The van der Waals surface area contributed by atoms with Crippen LogP contribution in [0.4, 0.5) is 5.69 Å². The van der Waals surface area contributed by atoms with Crippen LogP contribution in [0.2, 0.25) is 0 Å². The van der Waals surface area contributed by atoms with E-state index in [-0.39, 0.29) is 5.91 Å². The maximum absolute atomic E-state index is 12.5. The molecule has 150 valence electrons. The number of likely N-dealkylation sites (tertiary alicyclic amines) is 1. The Bertz CT molecular complexity index is 963. The van der Waals surface area contributed by atoms with E-state index in [1.807, 2.05) is 24.3 Å². The normalized spacial score (nSPS) is 17.2. The SMILES string of the molecule is Cc1noc(-c2ccc(C(=O)Nc3ccc(CN4CCCCC4C)cc3)cc2)n1. The van der Waals surface area contributed by atoms with E-state index in [0.29, 0.717) is 23.3 Å². The Labute approximate surface area is 170 Å². The third-order valence-corrected chi connectivity index (χ3v) is 5.46. The molecule has 1 saturated heterocycles. The maximum atomic E-state index is 12.5. The highest BCUT2D eigenvalue weighted by atomic mass is 16.5. The zero-order valence-electron chi connectivity index (χ0n) is 16.9. The van der Waals surface area contributed by atoms with Gasteiger partial charge in [0.15, 0.2) is 5.82 Å². The van der Waals surface area contributed by atoms with Crippen LogP contribution < -0.4 is 5.32 Å². The number of aromatic nitrogens is 2. The fourth-order valence-corrected chi connectivity index (χ4v) is 3.70. The molecule has 1 aromatic heterocycles. The number of carbonyl (C=O) groups is 1. The molecule has 1 N–H and O–H groups in total. The molecule has 0 aliphatic carbocycles. The molecule has 6 heteroatoms. The molecule has 1 fully saturated rings. The quantitative estimate of drug-likeness (QED) is 0.685. The number of aryl methyl sites for hydroxylation is 1. The molecule has 4 rings (SSSR count). The molecule has 0 radical (unpaired) electrons. The van der Waals surface area contributed by atoms with Gasteiger partial charge in [-0.1, -0.05) is 23.7 Å². The summed E-state index contributed by atoms with van der Waals surface area (Å²) in [7, 11) is 0. The predicted molar refractivity (Wildman–Crippen MR) is 113 cm³/mol. The van der Waals surface area contributed by atoms with E-state index in [1.165, 1.54) is 31.4 Å². The van der Waals surface area contributed by atoms with Crippen molar-refractivity contribution in [1.29, 1.82) is 0 Å². The van der Waals surface area contributed by atoms with Crippen molar-refractivity contribution in [1.82, 2.24) is 15.0 Å². The number of nitrogens with zero attached hydrogens (tertiary/aromatic N) is 3. The van der Waals surface area contributed by atoms with Crippen LogP contribution in [0.25, 0.3) is 11.5 Å². The lowest BCUT2D eigenvalue weighted by Crippen LogP contribution is -2.36. The van der Waals surface area contributed by atoms with E-state index in [1.54, 1.807) is 19.1 Å². The number of hydrogen-bond acceptors (Lipinski definition) is 5. The van der Waals surface area contributed by atoms with E-state index in [4.69, 9.17) is 4.52 Å². The van der Waals surface area contributed by atoms with Crippen LogP contribution in [0.3, 0.4) is 0 Å². The van der Waals surface area contributed by atoms with Gasteiger partial charge in [0.25, 0.3) is 11.8 Å². The van der Waals surface area contributed by atoms with Crippen LogP contribution in [0.5, 0.6) is 0 Å². The highest BCUT2D eigenvalue weighted by Crippen LogP contribution is 2.21. The molecule has 3 aromatic rings. The molecule has 6 nitrogen and oxygen atoms in total. The highest BCUT2D eigenvalue weighted by Gasteiger charge is 2.18. The van der Waals surface area contributed by atoms with Crippen molar-refractivity contribution in [2.45, 2.75) is 45.7 Å². The first-order valence-electron chi connectivity index (χ1n) is 10.1. The lowest BCUT2D eigenvalue weighted by atomic mass is 10.0. The van der Waals surface area contributed by atoms with Crippen molar-refractivity contribution in [3.8, 4) is 11.5 Å². The lowest BCUT2D eigenvalue weighted by Gasteiger charge is -2.33. The van der Waals surface area contributed by atoms with Crippen LogP contribution in [0, 0.1) is 6.92 Å². The number of carbonyl (C=O) groups excluding carboxylic acids is 1. The van der Waals surface area contributed by atoms with Crippen LogP contribution >= 0.6 is 0 Å². The molecular weight excluding hydrogens is 364 g/mol. The predicted octanol–water partition coefficient (Wildman–Crippen LogP) is 4.67. The number of rotatable bonds is 5. The Morgan fingerprint density at radius 2 is 1.90 bits per heavy atom.